The van der Waals surface area contributed by atoms with Crippen LogP contribution < -0.4 is 21.5 Å². The average molecular weight is 492 g/mol. The second-order valence-corrected chi connectivity index (χ2v) is 8.77. The second-order valence-electron chi connectivity index (χ2n) is 7.12. The van der Waals surface area contributed by atoms with Crippen molar-refractivity contribution < 1.29 is 32.6 Å². The Morgan fingerprint density at radius 3 is 2.59 bits per heavy atom. The Morgan fingerprint density at radius 2 is 1.91 bits per heavy atom. The summed E-state index contributed by atoms with van der Waals surface area (Å²) in [4.78, 5) is 26.5. The molecule has 13 heteroatoms. The molecule has 8 N–H and O–H groups in total. The third kappa shape index (κ3) is 5.39. The molecule has 0 radical (unpaired) electrons. The largest absolute Gasteiger partial charge is 0.507 e. The summed E-state index contributed by atoms with van der Waals surface area (Å²) in [6.45, 7) is 1.06. The van der Waals surface area contributed by atoms with Crippen LogP contribution in [-0.2, 0) is 19.5 Å². The zero-order valence-corrected chi connectivity index (χ0v) is 19.1. The monoisotopic (exact) mass is 491 g/mol. The Hall–Kier alpha value is -3.81. The molecule has 182 valence electrons. The van der Waals surface area contributed by atoms with Crippen molar-refractivity contribution in [1.82, 2.24) is 4.98 Å². The van der Waals surface area contributed by atoms with E-state index in [0.29, 0.717) is 24.1 Å². The van der Waals surface area contributed by atoms with Crippen molar-refractivity contribution in [3.8, 4) is 5.75 Å². The lowest BCUT2D eigenvalue weighted by Gasteiger charge is -2.16. The minimum Gasteiger partial charge on any atom is -0.507 e. The normalized spacial score (nSPS) is 11.4. The molecule has 1 amide bonds. The number of aromatic hydroxyl groups is 1. The van der Waals surface area contributed by atoms with Crippen molar-refractivity contribution in [2.75, 3.05) is 43.5 Å². The number of esters is 1. The molecule has 1 aromatic heterocycles. The molecular formula is C21H25N5O7S. The van der Waals surface area contributed by atoms with E-state index in [4.69, 9.17) is 20.9 Å². The molecule has 0 fully saturated rings. The Balaban J connectivity index is 2.01. The van der Waals surface area contributed by atoms with E-state index in [1.165, 1.54) is 19.2 Å². The molecular weight excluding hydrogens is 466 g/mol. The number of primary amides is 1. The third-order valence-corrected chi connectivity index (χ3v) is 6.22. The van der Waals surface area contributed by atoms with Crippen molar-refractivity contribution >= 4 is 44.2 Å². The number of aromatic nitrogens is 1. The number of nitrogens with two attached hydrogens (primary N) is 2. The fourth-order valence-corrected chi connectivity index (χ4v) is 4.52. The maximum absolute atomic E-state index is 13.3. The summed E-state index contributed by atoms with van der Waals surface area (Å²) in [7, 11) is -3.11. The zero-order chi connectivity index (χ0) is 24.9. The van der Waals surface area contributed by atoms with Crippen LogP contribution in [0.25, 0.3) is 10.9 Å². The first-order chi connectivity index (χ1) is 16.2. The van der Waals surface area contributed by atoms with Crippen LogP contribution in [0.1, 0.15) is 20.7 Å². The highest BCUT2D eigenvalue weighted by atomic mass is 32.2. The fraction of sp³-hybridized carbons (Fsp3) is 0.238. The smallest absolute Gasteiger partial charge is 0.338 e. The van der Waals surface area contributed by atoms with Gasteiger partial charge in [-0.2, -0.15) is 0 Å². The van der Waals surface area contributed by atoms with Gasteiger partial charge in [0.2, 0.25) is 0 Å². The minimum atomic E-state index is -4.32. The summed E-state index contributed by atoms with van der Waals surface area (Å²) in [6.07, 6.45) is 1.60. The van der Waals surface area contributed by atoms with Crippen LogP contribution in [0.5, 0.6) is 5.75 Å². The van der Waals surface area contributed by atoms with Gasteiger partial charge in [-0.3, -0.25) is 9.52 Å². The molecule has 0 saturated heterocycles. The van der Waals surface area contributed by atoms with Gasteiger partial charge in [0.1, 0.15) is 10.6 Å². The number of methoxy groups -OCH3 is 1. The van der Waals surface area contributed by atoms with E-state index in [1.807, 2.05) is 0 Å². The van der Waals surface area contributed by atoms with Crippen LogP contribution in [0.2, 0.25) is 0 Å². The van der Waals surface area contributed by atoms with Gasteiger partial charge in [0, 0.05) is 36.3 Å². The number of carbonyl (C=O) groups excluding carboxylic acids is 2. The first-order valence-corrected chi connectivity index (χ1v) is 11.6. The first kappa shape index (κ1) is 24.8. The van der Waals surface area contributed by atoms with Crippen molar-refractivity contribution in [1.29, 1.82) is 0 Å². The molecule has 0 unspecified atom stereocenters. The molecule has 0 bridgehead atoms. The van der Waals surface area contributed by atoms with E-state index in [-0.39, 0.29) is 40.5 Å². The lowest BCUT2D eigenvalue weighted by molar-refractivity contribution is 0.0603. The molecule has 0 aliphatic carbocycles. The van der Waals surface area contributed by atoms with E-state index >= 15 is 0 Å². The number of carbonyl (C=O) groups is 2. The van der Waals surface area contributed by atoms with Crippen molar-refractivity contribution in [3.63, 3.8) is 0 Å². The average Bonchev–Trinajstić information content (AvgIpc) is 3.25. The molecule has 34 heavy (non-hydrogen) atoms. The molecule has 0 atom stereocenters. The molecule has 12 nitrogen and oxygen atoms in total. The van der Waals surface area contributed by atoms with Gasteiger partial charge in [-0.1, -0.05) is 0 Å². The van der Waals surface area contributed by atoms with Gasteiger partial charge < -0.3 is 36.3 Å². The SMILES string of the molecule is COC(=O)c1cc(NS(=O)(=O)c2cc(C(N)=O)c(O)cc2NCCOCCN)cc2[nH]ccc12. The van der Waals surface area contributed by atoms with Crippen LogP contribution in [0.3, 0.4) is 0 Å². The van der Waals surface area contributed by atoms with Gasteiger partial charge in [0.25, 0.3) is 15.9 Å². The number of anilines is 2. The topological polar surface area (TPSA) is 199 Å². The first-order valence-electron chi connectivity index (χ1n) is 10.1. The lowest BCUT2D eigenvalue weighted by Crippen LogP contribution is -2.20. The molecule has 3 rings (SSSR count). The highest BCUT2D eigenvalue weighted by Gasteiger charge is 2.24. The Labute approximate surface area is 195 Å². The van der Waals surface area contributed by atoms with Gasteiger partial charge >= 0.3 is 5.97 Å². The van der Waals surface area contributed by atoms with E-state index < -0.39 is 27.6 Å². The number of benzene rings is 2. The summed E-state index contributed by atoms with van der Waals surface area (Å²) < 4.78 is 39.1. The van der Waals surface area contributed by atoms with Gasteiger partial charge in [-0.05, 0) is 24.3 Å². The Kier molecular flexibility index (Phi) is 7.61. The number of rotatable bonds is 11. The molecule has 0 spiro atoms. The number of hydrogen-bond donors (Lipinski definition) is 6. The second kappa shape index (κ2) is 10.4. The summed E-state index contributed by atoms with van der Waals surface area (Å²) in [5, 5.41) is 13.6. The molecule has 1 heterocycles. The zero-order valence-electron chi connectivity index (χ0n) is 18.3. The maximum Gasteiger partial charge on any atom is 0.338 e. The molecule has 3 aromatic rings. The number of ether oxygens (including phenoxy) is 2. The van der Waals surface area contributed by atoms with E-state index in [9.17, 15) is 23.1 Å². The van der Waals surface area contributed by atoms with Crippen molar-refractivity contribution in [2.24, 2.45) is 11.5 Å². The maximum atomic E-state index is 13.3. The highest BCUT2D eigenvalue weighted by Crippen LogP contribution is 2.32. The summed E-state index contributed by atoms with van der Waals surface area (Å²) >= 11 is 0. The lowest BCUT2D eigenvalue weighted by atomic mass is 10.1. The number of nitrogens with one attached hydrogen (secondary N) is 3. The predicted octanol–water partition coefficient (Wildman–Crippen LogP) is 0.947. The number of amides is 1. The predicted molar refractivity (Wildman–Crippen MR) is 125 cm³/mol. The van der Waals surface area contributed by atoms with Crippen LogP contribution in [0, 0.1) is 0 Å². The number of fused-ring (bicyclic) bond motifs is 1. The third-order valence-electron chi connectivity index (χ3n) is 4.80. The van der Waals surface area contributed by atoms with Crippen LogP contribution in [0.4, 0.5) is 11.4 Å². The molecule has 0 aliphatic rings. The minimum absolute atomic E-state index is 0.0143. The van der Waals surface area contributed by atoms with E-state index in [2.05, 4.69) is 15.0 Å². The van der Waals surface area contributed by atoms with Crippen molar-refractivity contribution in [3.05, 3.63) is 47.7 Å². The van der Waals surface area contributed by atoms with Gasteiger partial charge in [0.05, 0.1) is 42.8 Å². The summed E-state index contributed by atoms with van der Waals surface area (Å²) in [5.41, 5.74) is 11.0. The van der Waals surface area contributed by atoms with E-state index in [0.717, 1.165) is 12.1 Å². The van der Waals surface area contributed by atoms with Crippen LogP contribution in [-0.4, -0.2) is 63.8 Å². The number of hydrogen-bond acceptors (Lipinski definition) is 9. The number of sulfonamides is 1. The van der Waals surface area contributed by atoms with Crippen LogP contribution in [0.15, 0.2) is 41.4 Å². The Morgan fingerprint density at radius 1 is 1.15 bits per heavy atom. The standard InChI is InChI=1S/C21H25N5O7S/c1-32-21(29)14-8-12(9-16-13(14)2-4-24-16)26-34(30,31)19-10-15(20(23)28)18(27)11-17(19)25-5-7-33-6-3-22/h2,4,8-11,24-27H,3,5-7,22H2,1H3,(H2,23,28). The van der Waals surface area contributed by atoms with Gasteiger partial charge in [0.15, 0.2) is 0 Å². The Bertz CT molecular complexity index is 1320. The van der Waals surface area contributed by atoms with Gasteiger partial charge in [-0.25, -0.2) is 13.2 Å². The number of phenols is 1. The molecule has 2 aromatic carbocycles. The van der Waals surface area contributed by atoms with Crippen LogP contribution >= 0.6 is 0 Å². The quantitative estimate of drug-likeness (QED) is 0.167. The molecule has 0 aliphatic heterocycles. The van der Waals surface area contributed by atoms with E-state index in [1.54, 1.807) is 12.3 Å². The summed E-state index contributed by atoms with van der Waals surface area (Å²) in [6, 6.07) is 6.56. The number of aromatic amines is 1. The highest BCUT2D eigenvalue weighted by molar-refractivity contribution is 7.92. The molecule has 0 saturated carbocycles. The summed E-state index contributed by atoms with van der Waals surface area (Å²) in [5.74, 6) is -2.14. The fourth-order valence-electron chi connectivity index (χ4n) is 3.28. The van der Waals surface area contributed by atoms with Crippen molar-refractivity contribution in [2.45, 2.75) is 4.90 Å². The number of H-pyrrole nitrogens is 1. The van der Waals surface area contributed by atoms with Gasteiger partial charge in [-0.15, -0.1) is 0 Å².